The molecule has 0 aliphatic rings. The number of hydrogen-bond acceptors (Lipinski definition) is 6. The lowest BCUT2D eigenvalue weighted by Gasteiger charge is -2.05. The van der Waals surface area contributed by atoms with Crippen LogP contribution in [0.25, 0.3) is 11.0 Å². The fourth-order valence-electron chi connectivity index (χ4n) is 2.30. The average Bonchev–Trinajstić information content (AvgIpc) is 3.04. The Labute approximate surface area is 136 Å². The van der Waals surface area contributed by atoms with Gasteiger partial charge in [-0.25, -0.2) is 4.79 Å². The molecule has 0 saturated heterocycles. The first-order valence-corrected chi connectivity index (χ1v) is 8.26. The first kappa shape index (κ1) is 16.0. The van der Waals surface area contributed by atoms with Crippen molar-refractivity contribution in [3.05, 3.63) is 51.3 Å². The first-order valence-electron chi connectivity index (χ1n) is 6.82. The van der Waals surface area contributed by atoms with E-state index in [-0.39, 0.29) is 15.9 Å². The molecule has 0 spiro atoms. The molecule has 3 rings (SSSR count). The molecule has 0 unspecified atom stereocenters. The summed E-state index contributed by atoms with van der Waals surface area (Å²) in [5.74, 6) is 0.510. The van der Waals surface area contributed by atoms with Gasteiger partial charge in [0.2, 0.25) is 0 Å². The second kappa shape index (κ2) is 5.34. The zero-order valence-corrected chi connectivity index (χ0v) is 13.9. The van der Waals surface area contributed by atoms with E-state index in [0.717, 1.165) is 15.3 Å². The second-order valence-electron chi connectivity index (χ2n) is 5.13. The van der Waals surface area contributed by atoms with Crippen molar-refractivity contribution < 1.29 is 13.2 Å². The number of nitrogens with zero attached hydrogens (tertiary/aromatic N) is 4. The van der Waals surface area contributed by atoms with Crippen LogP contribution in [-0.2, 0) is 24.1 Å². The third kappa shape index (κ3) is 2.22. The van der Waals surface area contributed by atoms with Crippen LogP contribution in [0.1, 0.15) is 0 Å². The molecule has 0 bridgehead atoms. The monoisotopic (exact) mass is 350 g/mol. The number of methoxy groups -OCH3 is 1. The molecule has 0 fully saturated rings. The molecule has 0 radical (unpaired) electrons. The van der Waals surface area contributed by atoms with Crippen LogP contribution in [0, 0.1) is 0 Å². The lowest BCUT2D eigenvalue weighted by Crippen LogP contribution is -2.36. The molecular formula is C14H14N4O5S. The molecule has 0 atom stereocenters. The molecular weight excluding hydrogens is 336 g/mol. The van der Waals surface area contributed by atoms with E-state index in [1.165, 1.54) is 45.5 Å². The highest BCUT2D eigenvalue weighted by Crippen LogP contribution is 2.18. The van der Waals surface area contributed by atoms with E-state index in [0.29, 0.717) is 9.84 Å². The van der Waals surface area contributed by atoms with Crippen LogP contribution in [-0.4, -0.2) is 33.8 Å². The maximum atomic E-state index is 12.7. The smallest absolute Gasteiger partial charge is 0.332 e. The Morgan fingerprint density at radius 1 is 1.04 bits per heavy atom. The van der Waals surface area contributed by atoms with Crippen LogP contribution in [0.4, 0.5) is 0 Å². The number of benzene rings is 1. The highest BCUT2D eigenvalue weighted by atomic mass is 32.2. The van der Waals surface area contributed by atoms with Crippen molar-refractivity contribution in [3.8, 4) is 5.75 Å². The molecule has 0 N–H and O–H groups in total. The molecule has 10 heteroatoms. The number of aromatic nitrogens is 4. The van der Waals surface area contributed by atoms with Crippen molar-refractivity contribution >= 4 is 21.1 Å². The van der Waals surface area contributed by atoms with Crippen molar-refractivity contribution in [3.63, 3.8) is 0 Å². The Balaban J connectivity index is 2.25. The molecule has 3 aromatic rings. The standard InChI is InChI=1S/C14H14N4O5S/c1-16-12-11(13(19)17(2)14(16)20)8-18(15-12)24(21,22)10-6-4-9(23-3)5-7-10/h4-8H,1-3H3. The number of fused-ring (bicyclic) bond motifs is 1. The van der Waals surface area contributed by atoms with Crippen molar-refractivity contribution in [2.24, 2.45) is 14.1 Å². The summed E-state index contributed by atoms with van der Waals surface area (Å²) in [4.78, 5) is 24.0. The number of rotatable bonds is 3. The van der Waals surface area contributed by atoms with E-state index < -0.39 is 21.3 Å². The third-order valence-electron chi connectivity index (χ3n) is 3.70. The predicted molar refractivity (Wildman–Crippen MR) is 85.8 cm³/mol. The summed E-state index contributed by atoms with van der Waals surface area (Å²) in [5, 5.41) is 3.95. The van der Waals surface area contributed by atoms with Crippen molar-refractivity contribution in [2.75, 3.05) is 7.11 Å². The number of hydrogen-bond donors (Lipinski definition) is 0. The average molecular weight is 350 g/mol. The summed E-state index contributed by atoms with van der Waals surface area (Å²) in [6, 6.07) is 5.76. The van der Waals surface area contributed by atoms with Gasteiger partial charge in [0.25, 0.3) is 15.6 Å². The minimum absolute atomic E-state index is 0.000173. The highest BCUT2D eigenvalue weighted by Gasteiger charge is 2.21. The zero-order chi connectivity index (χ0) is 17.6. The van der Waals surface area contributed by atoms with Gasteiger partial charge in [0.15, 0.2) is 5.65 Å². The van der Waals surface area contributed by atoms with Crippen LogP contribution in [0.3, 0.4) is 0 Å². The lowest BCUT2D eigenvalue weighted by molar-refractivity contribution is 0.414. The van der Waals surface area contributed by atoms with Crippen molar-refractivity contribution in [1.82, 2.24) is 18.3 Å². The minimum Gasteiger partial charge on any atom is -0.497 e. The Bertz CT molecular complexity index is 1150. The Kier molecular flexibility index (Phi) is 3.56. The summed E-state index contributed by atoms with van der Waals surface area (Å²) in [5.41, 5.74) is -1.19. The molecule has 0 aliphatic heterocycles. The molecule has 9 nitrogen and oxygen atoms in total. The molecule has 0 saturated carbocycles. The van der Waals surface area contributed by atoms with E-state index >= 15 is 0 Å². The maximum Gasteiger partial charge on any atom is 0.332 e. The lowest BCUT2D eigenvalue weighted by atomic mass is 10.3. The van der Waals surface area contributed by atoms with E-state index in [9.17, 15) is 18.0 Å². The molecule has 0 aliphatic carbocycles. The van der Waals surface area contributed by atoms with Crippen LogP contribution in [0.5, 0.6) is 5.75 Å². The van der Waals surface area contributed by atoms with Gasteiger partial charge in [-0.2, -0.15) is 12.5 Å². The topological polar surface area (TPSA) is 105 Å². The molecule has 2 aromatic heterocycles. The molecule has 126 valence electrons. The Morgan fingerprint density at radius 2 is 1.67 bits per heavy atom. The normalized spacial score (nSPS) is 11.8. The predicted octanol–water partition coefficient (Wildman–Crippen LogP) is -0.321. The second-order valence-corrected chi connectivity index (χ2v) is 6.92. The van der Waals surface area contributed by atoms with Gasteiger partial charge in [-0.15, -0.1) is 5.10 Å². The number of ether oxygens (including phenoxy) is 1. The molecule has 0 amide bonds. The summed E-state index contributed by atoms with van der Waals surface area (Å²) in [7, 11) is 0.211. The molecule has 2 heterocycles. The largest absolute Gasteiger partial charge is 0.497 e. The summed E-state index contributed by atoms with van der Waals surface area (Å²) in [6.45, 7) is 0. The van der Waals surface area contributed by atoms with Crippen LogP contribution in [0.2, 0.25) is 0 Å². The maximum absolute atomic E-state index is 12.7. The van der Waals surface area contributed by atoms with E-state index in [4.69, 9.17) is 4.74 Å². The van der Waals surface area contributed by atoms with Gasteiger partial charge < -0.3 is 4.74 Å². The van der Waals surface area contributed by atoms with Crippen molar-refractivity contribution in [1.29, 1.82) is 0 Å². The van der Waals surface area contributed by atoms with E-state index in [2.05, 4.69) is 5.10 Å². The van der Waals surface area contributed by atoms with Gasteiger partial charge in [0, 0.05) is 14.1 Å². The van der Waals surface area contributed by atoms with Gasteiger partial charge >= 0.3 is 5.69 Å². The fourth-order valence-corrected chi connectivity index (χ4v) is 3.43. The van der Waals surface area contributed by atoms with E-state index in [1.807, 2.05) is 0 Å². The summed E-state index contributed by atoms with van der Waals surface area (Å²) in [6.07, 6.45) is 1.11. The van der Waals surface area contributed by atoms with E-state index in [1.54, 1.807) is 0 Å². The highest BCUT2D eigenvalue weighted by molar-refractivity contribution is 7.89. The Hall–Kier alpha value is -2.88. The van der Waals surface area contributed by atoms with Crippen LogP contribution >= 0.6 is 0 Å². The zero-order valence-electron chi connectivity index (χ0n) is 13.1. The third-order valence-corrected chi connectivity index (χ3v) is 5.25. The van der Waals surface area contributed by atoms with Gasteiger partial charge in [-0.3, -0.25) is 13.9 Å². The van der Waals surface area contributed by atoms with Gasteiger partial charge in [-0.05, 0) is 24.3 Å². The minimum atomic E-state index is -4.00. The fraction of sp³-hybridized carbons (Fsp3) is 0.214. The van der Waals surface area contributed by atoms with Gasteiger partial charge in [0.1, 0.15) is 11.1 Å². The first-order chi connectivity index (χ1) is 11.3. The summed E-state index contributed by atoms with van der Waals surface area (Å²) >= 11 is 0. The number of aryl methyl sites for hydroxylation is 1. The molecule has 24 heavy (non-hydrogen) atoms. The Morgan fingerprint density at radius 3 is 2.25 bits per heavy atom. The SMILES string of the molecule is COc1ccc(S(=O)(=O)n2cc3c(=O)n(C)c(=O)n(C)c3n2)cc1. The quantitative estimate of drug-likeness (QED) is 0.641. The van der Waals surface area contributed by atoms with Gasteiger partial charge in [-0.1, -0.05) is 0 Å². The summed E-state index contributed by atoms with van der Waals surface area (Å²) < 4.78 is 33.0. The van der Waals surface area contributed by atoms with Crippen LogP contribution < -0.4 is 16.0 Å². The molecule has 1 aromatic carbocycles. The van der Waals surface area contributed by atoms with Gasteiger partial charge in [0.05, 0.1) is 18.2 Å². The van der Waals surface area contributed by atoms with Crippen LogP contribution in [0.15, 0.2) is 44.9 Å². The van der Waals surface area contributed by atoms with Crippen molar-refractivity contribution in [2.45, 2.75) is 4.90 Å².